The van der Waals surface area contributed by atoms with Crippen LogP contribution in [0.5, 0.6) is 0 Å². The molecule has 0 bridgehead atoms. The number of allylic oxidation sites excluding steroid dienone is 2. The summed E-state index contributed by atoms with van der Waals surface area (Å²) in [6.07, 6.45) is 7.79. The van der Waals surface area contributed by atoms with Crippen LogP contribution in [0.25, 0.3) is 0 Å². The van der Waals surface area contributed by atoms with Gasteiger partial charge in [-0.2, -0.15) is 0 Å². The lowest BCUT2D eigenvalue weighted by Gasteiger charge is -2.26. The Hall–Kier alpha value is -0.260. The van der Waals surface area contributed by atoms with Gasteiger partial charge in [-0.25, -0.2) is 0 Å². The highest BCUT2D eigenvalue weighted by Gasteiger charge is 2.17. The molecule has 0 aromatic heterocycles. The third kappa shape index (κ3) is 2.69. The van der Waals surface area contributed by atoms with E-state index in [-0.39, 0.29) is 0 Å². The Morgan fingerprint density at radius 3 is 2.27 bits per heavy atom. The van der Waals surface area contributed by atoms with Crippen molar-refractivity contribution in [3.8, 4) is 0 Å². The molecule has 1 rings (SSSR count). The largest absolute Gasteiger partial charge is 0.0856 e. The Bertz CT molecular complexity index is 132. The second-order valence-corrected chi connectivity index (χ2v) is 4.12. The molecule has 0 aliphatic heterocycles. The van der Waals surface area contributed by atoms with E-state index in [2.05, 4.69) is 26.8 Å². The summed E-state index contributed by atoms with van der Waals surface area (Å²) in [6.45, 7) is 6.98. The minimum Gasteiger partial charge on any atom is -0.0856 e. The first-order valence-electron chi connectivity index (χ1n) is 4.90. The van der Waals surface area contributed by atoms with Gasteiger partial charge in [0, 0.05) is 0 Å². The smallest absolute Gasteiger partial charge is 0.0294 e. The maximum atomic E-state index is 2.42. The summed E-state index contributed by atoms with van der Waals surface area (Å²) >= 11 is 0. The van der Waals surface area contributed by atoms with Gasteiger partial charge in [0.2, 0.25) is 0 Å². The highest BCUT2D eigenvalue weighted by Crippen LogP contribution is 2.32. The van der Waals surface area contributed by atoms with Crippen molar-refractivity contribution in [3.05, 3.63) is 11.6 Å². The minimum absolute atomic E-state index is 0.927. The lowest BCUT2D eigenvalue weighted by Crippen LogP contribution is -2.12. The molecule has 1 aliphatic carbocycles. The first kappa shape index (κ1) is 8.83. The van der Waals surface area contributed by atoms with E-state index in [1.807, 2.05) is 0 Å². The third-order valence-electron chi connectivity index (χ3n) is 2.52. The summed E-state index contributed by atoms with van der Waals surface area (Å²) in [6, 6.07) is 0. The van der Waals surface area contributed by atoms with Crippen molar-refractivity contribution in [2.45, 2.75) is 46.5 Å². The van der Waals surface area contributed by atoms with Crippen LogP contribution in [0.15, 0.2) is 11.6 Å². The van der Waals surface area contributed by atoms with Gasteiger partial charge in [-0.05, 0) is 37.5 Å². The minimum atomic E-state index is 0.927. The SMILES string of the molecule is CCC=C1CC(C)CC(C)C1. The number of rotatable bonds is 1. The van der Waals surface area contributed by atoms with Gasteiger partial charge in [-0.15, -0.1) is 0 Å². The highest BCUT2D eigenvalue weighted by atomic mass is 14.2. The van der Waals surface area contributed by atoms with E-state index >= 15 is 0 Å². The Morgan fingerprint density at radius 2 is 1.82 bits per heavy atom. The molecular weight excluding hydrogens is 132 g/mol. The Morgan fingerprint density at radius 1 is 1.27 bits per heavy atom. The molecule has 1 aliphatic rings. The van der Waals surface area contributed by atoms with Crippen LogP contribution in [0.1, 0.15) is 46.5 Å². The average molecular weight is 152 g/mol. The van der Waals surface area contributed by atoms with E-state index in [0.29, 0.717) is 0 Å². The zero-order chi connectivity index (χ0) is 8.27. The highest BCUT2D eigenvalue weighted by molar-refractivity contribution is 5.06. The number of hydrogen-bond donors (Lipinski definition) is 0. The average Bonchev–Trinajstić information content (AvgIpc) is 1.85. The van der Waals surface area contributed by atoms with Gasteiger partial charge in [0.05, 0.1) is 0 Å². The van der Waals surface area contributed by atoms with Crippen molar-refractivity contribution in [2.24, 2.45) is 11.8 Å². The van der Waals surface area contributed by atoms with Crippen LogP contribution in [0.4, 0.5) is 0 Å². The lowest BCUT2D eigenvalue weighted by molar-refractivity contribution is 0.357. The summed E-state index contributed by atoms with van der Waals surface area (Å²) in [7, 11) is 0. The zero-order valence-electron chi connectivity index (χ0n) is 8.06. The fourth-order valence-electron chi connectivity index (χ4n) is 2.29. The summed E-state index contributed by atoms with van der Waals surface area (Å²) in [5.41, 5.74) is 1.71. The van der Waals surface area contributed by atoms with E-state index in [4.69, 9.17) is 0 Å². The molecule has 2 unspecified atom stereocenters. The Balaban J connectivity index is 2.49. The van der Waals surface area contributed by atoms with E-state index in [0.717, 1.165) is 11.8 Å². The summed E-state index contributed by atoms with van der Waals surface area (Å²) in [5.74, 6) is 1.85. The van der Waals surface area contributed by atoms with Crippen LogP contribution in [0.2, 0.25) is 0 Å². The second kappa shape index (κ2) is 3.94. The van der Waals surface area contributed by atoms with Gasteiger partial charge in [0.25, 0.3) is 0 Å². The zero-order valence-corrected chi connectivity index (χ0v) is 8.06. The van der Waals surface area contributed by atoms with E-state index in [1.54, 1.807) is 5.57 Å². The van der Waals surface area contributed by atoms with Crippen LogP contribution in [0.3, 0.4) is 0 Å². The third-order valence-corrected chi connectivity index (χ3v) is 2.52. The predicted octanol–water partition coefficient (Wildman–Crippen LogP) is 3.78. The van der Waals surface area contributed by atoms with Crippen molar-refractivity contribution in [1.29, 1.82) is 0 Å². The van der Waals surface area contributed by atoms with Gasteiger partial charge in [0.1, 0.15) is 0 Å². The molecule has 0 spiro atoms. The summed E-state index contributed by atoms with van der Waals surface area (Å²) < 4.78 is 0. The summed E-state index contributed by atoms with van der Waals surface area (Å²) in [5, 5.41) is 0. The van der Waals surface area contributed by atoms with Gasteiger partial charge >= 0.3 is 0 Å². The van der Waals surface area contributed by atoms with Crippen molar-refractivity contribution < 1.29 is 0 Å². The normalized spacial score (nSPS) is 32.1. The molecule has 0 heteroatoms. The molecule has 11 heavy (non-hydrogen) atoms. The van der Waals surface area contributed by atoms with Gasteiger partial charge in [0.15, 0.2) is 0 Å². The quantitative estimate of drug-likeness (QED) is 0.502. The van der Waals surface area contributed by atoms with Crippen molar-refractivity contribution in [1.82, 2.24) is 0 Å². The molecule has 0 heterocycles. The molecule has 0 aromatic rings. The maximum Gasteiger partial charge on any atom is -0.0294 e. The number of hydrogen-bond acceptors (Lipinski definition) is 0. The van der Waals surface area contributed by atoms with Crippen molar-refractivity contribution in [3.63, 3.8) is 0 Å². The second-order valence-electron chi connectivity index (χ2n) is 4.12. The summed E-state index contributed by atoms with van der Waals surface area (Å²) in [4.78, 5) is 0. The van der Waals surface area contributed by atoms with Gasteiger partial charge in [-0.1, -0.05) is 32.4 Å². The standard InChI is InChI=1S/C11H20/c1-4-5-11-7-9(2)6-10(3)8-11/h5,9-10H,4,6-8H2,1-3H3. The van der Waals surface area contributed by atoms with Crippen LogP contribution in [-0.4, -0.2) is 0 Å². The van der Waals surface area contributed by atoms with Crippen LogP contribution in [0, 0.1) is 11.8 Å². The molecule has 2 atom stereocenters. The Kier molecular flexibility index (Phi) is 3.16. The van der Waals surface area contributed by atoms with E-state index < -0.39 is 0 Å². The van der Waals surface area contributed by atoms with E-state index in [9.17, 15) is 0 Å². The lowest BCUT2D eigenvalue weighted by atomic mass is 9.80. The molecule has 1 saturated carbocycles. The van der Waals surface area contributed by atoms with Crippen LogP contribution < -0.4 is 0 Å². The first-order chi connectivity index (χ1) is 5.22. The first-order valence-corrected chi connectivity index (χ1v) is 4.90. The topological polar surface area (TPSA) is 0 Å². The fourth-order valence-corrected chi connectivity index (χ4v) is 2.29. The van der Waals surface area contributed by atoms with E-state index in [1.165, 1.54) is 25.7 Å². The van der Waals surface area contributed by atoms with Crippen molar-refractivity contribution >= 4 is 0 Å². The molecule has 64 valence electrons. The van der Waals surface area contributed by atoms with Crippen LogP contribution in [-0.2, 0) is 0 Å². The Labute approximate surface area is 70.7 Å². The molecule has 0 amide bonds. The predicted molar refractivity (Wildman–Crippen MR) is 50.6 cm³/mol. The molecular formula is C11H20. The molecule has 0 saturated heterocycles. The monoisotopic (exact) mass is 152 g/mol. The molecule has 0 nitrogen and oxygen atoms in total. The molecule has 0 N–H and O–H groups in total. The van der Waals surface area contributed by atoms with Gasteiger partial charge < -0.3 is 0 Å². The molecule has 0 radical (unpaired) electrons. The maximum absolute atomic E-state index is 2.42. The molecule has 1 fully saturated rings. The van der Waals surface area contributed by atoms with Crippen LogP contribution >= 0.6 is 0 Å². The van der Waals surface area contributed by atoms with Gasteiger partial charge in [-0.3, -0.25) is 0 Å². The fraction of sp³-hybridized carbons (Fsp3) is 0.818. The molecule has 0 aromatic carbocycles. The van der Waals surface area contributed by atoms with Crippen molar-refractivity contribution in [2.75, 3.05) is 0 Å².